The molecule has 1 aromatic heterocycles. The summed E-state index contributed by atoms with van der Waals surface area (Å²) in [5.74, 6) is 0.263. The Hall–Kier alpha value is -2.52. The summed E-state index contributed by atoms with van der Waals surface area (Å²) >= 11 is 0. The summed E-state index contributed by atoms with van der Waals surface area (Å²) in [5.41, 5.74) is 4.51. The lowest BCUT2D eigenvalue weighted by Gasteiger charge is -2.32. The minimum Gasteiger partial charge on any atom is -0.393 e. The van der Waals surface area contributed by atoms with E-state index in [4.69, 9.17) is 9.88 Å². The number of rotatable bonds is 7. The Labute approximate surface area is 194 Å². The van der Waals surface area contributed by atoms with Crippen molar-refractivity contribution >= 4 is 10.0 Å². The van der Waals surface area contributed by atoms with E-state index in [1.807, 2.05) is 18.6 Å². The second-order valence-electron chi connectivity index (χ2n) is 9.13. The minimum atomic E-state index is -3.68. The van der Waals surface area contributed by atoms with Crippen molar-refractivity contribution in [2.24, 2.45) is 11.1 Å². The molecule has 0 bridgehead atoms. The van der Waals surface area contributed by atoms with Gasteiger partial charge < -0.3 is 14.4 Å². The highest BCUT2D eigenvalue weighted by atomic mass is 32.2. The van der Waals surface area contributed by atoms with E-state index in [1.54, 1.807) is 12.1 Å². The van der Waals surface area contributed by atoms with E-state index in [2.05, 4.69) is 27.8 Å². The lowest BCUT2D eigenvalue weighted by molar-refractivity contribution is -0.0160. The third-order valence-electron chi connectivity index (χ3n) is 7.06. The number of aliphatic hydroxyl groups excluding tert-OH is 1. The number of hydrogen-bond acceptors (Lipinski definition) is 5. The Morgan fingerprint density at radius 2 is 1.82 bits per heavy atom. The molecule has 2 atom stereocenters. The van der Waals surface area contributed by atoms with Crippen LogP contribution in [0.5, 0.6) is 0 Å². The highest BCUT2D eigenvalue weighted by Gasteiger charge is 2.33. The van der Waals surface area contributed by atoms with Crippen LogP contribution in [0.2, 0.25) is 0 Å². The molecule has 3 N–H and O–H groups in total. The van der Waals surface area contributed by atoms with E-state index in [-0.39, 0.29) is 29.1 Å². The number of ether oxygens (including phenoxy) is 1. The van der Waals surface area contributed by atoms with Crippen molar-refractivity contribution in [1.82, 2.24) is 9.55 Å². The number of imidazole rings is 1. The Morgan fingerprint density at radius 1 is 1.09 bits per heavy atom. The van der Waals surface area contributed by atoms with E-state index in [0.717, 1.165) is 36.9 Å². The number of aliphatic hydroxyl groups is 1. The van der Waals surface area contributed by atoms with Gasteiger partial charge in [-0.25, -0.2) is 18.5 Å². The van der Waals surface area contributed by atoms with Gasteiger partial charge in [-0.05, 0) is 61.3 Å². The van der Waals surface area contributed by atoms with Gasteiger partial charge in [-0.15, -0.1) is 0 Å². The lowest BCUT2D eigenvalue weighted by Crippen LogP contribution is -2.30. The number of nitrogens with zero attached hydrogens (tertiary/aromatic N) is 2. The van der Waals surface area contributed by atoms with Crippen molar-refractivity contribution in [2.75, 3.05) is 0 Å². The summed E-state index contributed by atoms with van der Waals surface area (Å²) in [6.07, 6.45) is 7.92. The zero-order valence-corrected chi connectivity index (χ0v) is 19.2. The van der Waals surface area contributed by atoms with Crippen molar-refractivity contribution in [1.29, 1.82) is 0 Å². The quantitative estimate of drug-likeness (QED) is 0.552. The predicted octanol–water partition coefficient (Wildman–Crippen LogP) is 3.63. The van der Waals surface area contributed by atoms with Crippen LogP contribution in [-0.4, -0.2) is 35.3 Å². The molecule has 0 saturated heterocycles. The molecule has 1 aliphatic carbocycles. The normalized spacial score (nSPS) is 23.2. The molecule has 0 spiro atoms. The summed E-state index contributed by atoms with van der Waals surface area (Å²) in [4.78, 5) is 4.42. The third-order valence-corrected chi connectivity index (χ3v) is 7.99. The molecule has 33 heavy (non-hydrogen) atoms. The van der Waals surface area contributed by atoms with Crippen molar-refractivity contribution in [3.8, 4) is 11.3 Å². The van der Waals surface area contributed by atoms with Gasteiger partial charge in [-0.3, -0.25) is 0 Å². The molecule has 5 rings (SSSR count). The summed E-state index contributed by atoms with van der Waals surface area (Å²) in [6, 6.07) is 15.0. The van der Waals surface area contributed by atoms with Crippen LogP contribution < -0.4 is 5.14 Å². The first-order chi connectivity index (χ1) is 15.9. The molecule has 0 amide bonds. The maximum absolute atomic E-state index is 11.4. The Bertz CT molecular complexity index is 1210. The number of hydrogen-bond donors (Lipinski definition) is 2. The maximum atomic E-state index is 11.4. The summed E-state index contributed by atoms with van der Waals surface area (Å²) in [7, 11) is -3.68. The molecule has 1 aliphatic heterocycles. The topological polar surface area (TPSA) is 107 Å². The van der Waals surface area contributed by atoms with Gasteiger partial charge in [-0.2, -0.15) is 0 Å². The van der Waals surface area contributed by atoms with Crippen molar-refractivity contribution in [3.63, 3.8) is 0 Å². The fourth-order valence-corrected chi connectivity index (χ4v) is 5.74. The van der Waals surface area contributed by atoms with Gasteiger partial charge >= 0.3 is 0 Å². The van der Waals surface area contributed by atoms with Crippen molar-refractivity contribution < 1.29 is 18.3 Å². The smallest absolute Gasteiger partial charge is 0.238 e. The molecule has 2 aliphatic rings. The number of sulfonamides is 1. The highest BCUT2D eigenvalue weighted by molar-refractivity contribution is 7.89. The van der Waals surface area contributed by atoms with Gasteiger partial charge in [0.25, 0.3) is 0 Å². The monoisotopic (exact) mass is 467 g/mol. The Kier molecular flexibility index (Phi) is 6.09. The minimum absolute atomic E-state index is 0.105. The number of primary sulfonamides is 1. The van der Waals surface area contributed by atoms with Crippen molar-refractivity contribution in [3.05, 3.63) is 72.2 Å². The van der Waals surface area contributed by atoms with Crippen LogP contribution in [0.25, 0.3) is 11.3 Å². The summed E-state index contributed by atoms with van der Waals surface area (Å²) in [5, 5.41) is 16.2. The second-order valence-corrected chi connectivity index (χ2v) is 10.7. The largest absolute Gasteiger partial charge is 0.393 e. The molecule has 174 valence electrons. The van der Waals surface area contributed by atoms with E-state index in [0.29, 0.717) is 13.0 Å². The summed E-state index contributed by atoms with van der Waals surface area (Å²) < 4.78 is 31.0. The lowest BCUT2D eigenvalue weighted by atomic mass is 9.81. The predicted molar refractivity (Wildman–Crippen MR) is 125 cm³/mol. The fourth-order valence-electron chi connectivity index (χ4n) is 5.22. The van der Waals surface area contributed by atoms with E-state index in [1.165, 1.54) is 23.3 Å². The molecule has 3 aromatic rings. The highest BCUT2D eigenvalue weighted by Crippen LogP contribution is 2.42. The van der Waals surface area contributed by atoms with Gasteiger partial charge in [0.05, 0.1) is 48.0 Å². The van der Waals surface area contributed by atoms with Crippen LogP contribution in [0.1, 0.15) is 49.3 Å². The average Bonchev–Trinajstić information content (AvgIpc) is 3.40. The van der Waals surface area contributed by atoms with Gasteiger partial charge in [0, 0.05) is 5.56 Å². The van der Waals surface area contributed by atoms with Crippen LogP contribution in [0.4, 0.5) is 0 Å². The zero-order valence-electron chi connectivity index (χ0n) is 18.4. The second kappa shape index (κ2) is 9.02. The average molecular weight is 468 g/mol. The Balaban J connectivity index is 1.13. The van der Waals surface area contributed by atoms with E-state index in [9.17, 15) is 13.5 Å². The molecular weight excluding hydrogens is 438 g/mol. The standard InChI is InChI=1S/C25H29N3O4S/c26-33(30,31)20-11-5-17(6-12-20)15-32-19-9-7-18(8-10-19)25(29)13-23-21-3-1-2-4-22(21)24-14-27-16-28(23)24/h1-6,11-12,14,16,18-19,23,25,29H,7-10,13,15H2,(H2,26,30,31)/t18-,19-,23?,25?. The van der Waals surface area contributed by atoms with Crippen LogP contribution in [0, 0.1) is 5.92 Å². The van der Waals surface area contributed by atoms with E-state index >= 15 is 0 Å². The molecule has 8 heteroatoms. The first-order valence-electron chi connectivity index (χ1n) is 11.4. The molecule has 2 aromatic carbocycles. The van der Waals surface area contributed by atoms with Gasteiger partial charge in [0.15, 0.2) is 0 Å². The van der Waals surface area contributed by atoms with Gasteiger partial charge in [0.2, 0.25) is 10.0 Å². The summed E-state index contributed by atoms with van der Waals surface area (Å²) in [6.45, 7) is 0.436. The number of aromatic nitrogens is 2. The maximum Gasteiger partial charge on any atom is 0.238 e. The van der Waals surface area contributed by atoms with Gasteiger partial charge in [-0.1, -0.05) is 36.4 Å². The molecule has 2 unspecified atom stereocenters. The Morgan fingerprint density at radius 3 is 2.55 bits per heavy atom. The SMILES string of the molecule is NS(=O)(=O)c1ccc(CO[C@H]2CC[C@H](C(O)CC3c4ccccc4-c4cncn43)CC2)cc1. The van der Waals surface area contributed by atoms with Crippen LogP contribution in [0.15, 0.2) is 66.0 Å². The third kappa shape index (κ3) is 4.61. The first-order valence-corrected chi connectivity index (χ1v) is 13.0. The zero-order chi connectivity index (χ0) is 23.0. The fraction of sp³-hybridized carbons (Fsp3) is 0.400. The molecule has 2 heterocycles. The molecule has 0 radical (unpaired) electrons. The van der Waals surface area contributed by atoms with Crippen LogP contribution >= 0.6 is 0 Å². The molecule has 1 fully saturated rings. The van der Waals surface area contributed by atoms with Crippen molar-refractivity contribution in [2.45, 2.75) is 61.9 Å². The molecular formula is C25H29N3O4S. The van der Waals surface area contributed by atoms with E-state index < -0.39 is 10.0 Å². The number of benzene rings is 2. The number of nitrogens with two attached hydrogens (primary N) is 1. The van der Waals surface area contributed by atoms with Crippen LogP contribution in [0.3, 0.4) is 0 Å². The molecule has 7 nitrogen and oxygen atoms in total. The first kappa shape index (κ1) is 22.3. The number of fused-ring (bicyclic) bond motifs is 3. The molecule has 1 saturated carbocycles. The van der Waals surface area contributed by atoms with Crippen LogP contribution in [-0.2, 0) is 21.4 Å². The van der Waals surface area contributed by atoms with Gasteiger partial charge in [0.1, 0.15) is 0 Å².